The molecule has 0 saturated carbocycles. The molecular weight excluding hydrogens is 447 g/mol. The predicted molar refractivity (Wildman–Crippen MR) is 123 cm³/mol. The first-order valence-corrected chi connectivity index (χ1v) is 10.2. The van der Waals surface area contributed by atoms with E-state index in [0.717, 1.165) is 12.1 Å². The van der Waals surface area contributed by atoms with E-state index in [1.165, 1.54) is 23.4 Å². The Labute approximate surface area is 192 Å². The SMILES string of the molecule is C=CC(=O)N(CCn1cc(-c2ccc(O)c(C(F)(F)F)c2)c2c(N)ncnc21)c1ccccc1. The zero-order valence-electron chi connectivity index (χ0n) is 17.8. The van der Waals surface area contributed by atoms with Crippen LogP contribution in [0.4, 0.5) is 24.7 Å². The Bertz CT molecular complexity index is 1370. The molecule has 0 aliphatic carbocycles. The van der Waals surface area contributed by atoms with Crippen LogP contribution in [0.25, 0.3) is 22.2 Å². The van der Waals surface area contributed by atoms with Gasteiger partial charge in [-0.15, -0.1) is 0 Å². The zero-order valence-corrected chi connectivity index (χ0v) is 17.8. The molecule has 10 heteroatoms. The number of phenolic OH excluding ortho intramolecular Hbond substituents is 1. The number of phenols is 1. The van der Waals surface area contributed by atoms with Crippen molar-refractivity contribution < 1.29 is 23.1 Å². The van der Waals surface area contributed by atoms with Crippen molar-refractivity contribution in [3.05, 3.63) is 79.3 Å². The first kappa shape index (κ1) is 22.8. The van der Waals surface area contributed by atoms with Crippen LogP contribution in [0.15, 0.2) is 73.7 Å². The van der Waals surface area contributed by atoms with E-state index in [1.54, 1.807) is 35.0 Å². The van der Waals surface area contributed by atoms with Crippen LogP contribution >= 0.6 is 0 Å². The number of nitrogens with two attached hydrogens (primary N) is 1. The third kappa shape index (κ3) is 4.29. The summed E-state index contributed by atoms with van der Waals surface area (Å²) >= 11 is 0. The summed E-state index contributed by atoms with van der Waals surface area (Å²) in [6.07, 6.45) is -0.646. The highest BCUT2D eigenvalue weighted by molar-refractivity contribution is 6.02. The average molecular weight is 467 g/mol. The summed E-state index contributed by atoms with van der Waals surface area (Å²) < 4.78 is 41.8. The van der Waals surface area contributed by atoms with Crippen molar-refractivity contribution in [2.24, 2.45) is 0 Å². The first-order valence-electron chi connectivity index (χ1n) is 10.2. The Morgan fingerprint density at radius 2 is 1.91 bits per heavy atom. The number of nitrogen functional groups attached to an aromatic ring is 1. The van der Waals surface area contributed by atoms with Crippen LogP contribution in [0.5, 0.6) is 5.75 Å². The van der Waals surface area contributed by atoms with Gasteiger partial charge in [0.2, 0.25) is 5.91 Å². The molecule has 3 N–H and O–H groups in total. The molecule has 0 atom stereocenters. The Morgan fingerprint density at radius 3 is 2.59 bits per heavy atom. The van der Waals surface area contributed by atoms with Gasteiger partial charge in [0.1, 0.15) is 23.5 Å². The van der Waals surface area contributed by atoms with Crippen LogP contribution in [-0.4, -0.2) is 32.1 Å². The monoisotopic (exact) mass is 467 g/mol. The molecule has 0 aliphatic rings. The minimum Gasteiger partial charge on any atom is -0.507 e. The van der Waals surface area contributed by atoms with Crippen molar-refractivity contribution in [1.82, 2.24) is 14.5 Å². The predicted octanol–water partition coefficient (Wildman–Crippen LogP) is 4.62. The molecule has 1 amide bonds. The number of hydrogen-bond donors (Lipinski definition) is 2. The quantitative estimate of drug-likeness (QED) is 0.403. The van der Waals surface area contributed by atoms with E-state index < -0.39 is 17.5 Å². The second-order valence-corrected chi connectivity index (χ2v) is 7.45. The maximum Gasteiger partial charge on any atom is 0.419 e. The molecule has 34 heavy (non-hydrogen) atoms. The normalized spacial score (nSPS) is 11.5. The number of carbonyl (C=O) groups is 1. The number of anilines is 2. The number of halogens is 3. The summed E-state index contributed by atoms with van der Waals surface area (Å²) in [6.45, 7) is 4.07. The summed E-state index contributed by atoms with van der Waals surface area (Å²) in [4.78, 5) is 22.3. The molecule has 0 spiro atoms. The minimum absolute atomic E-state index is 0.0995. The molecule has 7 nitrogen and oxygen atoms in total. The molecule has 0 saturated heterocycles. The number of rotatable bonds is 6. The number of hydrogen-bond acceptors (Lipinski definition) is 5. The second kappa shape index (κ2) is 8.89. The Hall–Kier alpha value is -4.34. The molecule has 174 valence electrons. The standard InChI is InChI=1S/C24H20F3N5O2/c1-2-20(34)32(16-6-4-3-5-7-16)11-10-31-13-17(21-22(28)29-14-30-23(21)31)15-8-9-19(33)18(12-15)24(25,26)27/h2-9,12-14,33H,1,10-11H2,(H2,28,29,30). The fourth-order valence-corrected chi connectivity index (χ4v) is 3.76. The van der Waals surface area contributed by atoms with Gasteiger partial charge in [-0.3, -0.25) is 4.79 Å². The van der Waals surface area contributed by atoms with Gasteiger partial charge < -0.3 is 20.3 Å². The van der Waals surface area contributed by atoms with Gasteiger partial charge in [0.25, 0.3) is 0 Å². The van der Waals surface area contributed by atoms with Crippen molar-refractivity contribution in [2.75, 3.05) is 17.2 Å². The van der Waals surface area contributed by atoms with Gasteiger partial charge in [-0.05, 0) is 35.9 Å². The second-order valence-electron chi connectivity index (χ2n) is 7.45. The minimum atomic E-state index is -4.73. The summed E-state index contributed by atoms with van der Waals surface area (Å²) in [6, 6.07) is 12.2. The van der Waals surface area contributed by atoms with Crippen LogP contribution in [0.1, 0.15) is 5.56 Å². The van der Waals surface area contributed by atoms with Crippen LogP contribution in [0, 0.1) is 0 Å². The fraction of sp³-hybridized carbons (Fsp3) is 0.125. The van der Waals surface area contributed by atoms with Crippen molar-refractivity contribution in [2.45, 2.75) is 12.7 Å². The van der Waals surface area contributed by atoms with Crippen LogP contribution in [0.2, 0.25) is 0 Å². The number of aromatic hydroxyl groups is 1. The number of para-hydroxylation sites is 1. The highest BCUT2D eigenvalue weighted by Gasteiger charge is 2.34. The molecule has 2 aromatic heterocycles. The van der Waals surface area contributed by atoms with Gasteiger partial charge in [-0.1, -0.05) is 30.8 Å². The van der Waals surface area contributed by atoms with Gasteiger partial charge in [-0.25, -0.2) is 9.97 Å². The van der Waals surface area contributed by atoms with Crippen molar-refractivity contribution in [3.8, 4) is 16.9 Å². The van der Waals surface area contributed by atoms with Crippen LogP contribution in [0.3, 0.4) is 0 Å². The van der Waals surface area contributed by atoms with Crippen molar-refractivity contribution in [1.29, 1.82) is 0 Å². The van der Waals surface area contributed by atoms with Crippen LogP contribution in [-0.2, 0) is 17.5 Å². The van der Waals surface area contributed by atoms with E-state index in [-0.39, 0.29) is 30.4 Å². The van der Waals surface area contributed by atoms with Gasteiger partial charge in [-0.2, -0.15) is 13.2 Å². The molecular formula is C24H20F3N5O2. The van der Waals surface area contributed by atoms with E-state index in [1.807, 2.05) is 6.07 Å². The maximum absolute atomic E-state index is 13.4. The maximum atomic E-state index is 13.4. The van der Waals surface area contributed by atoms with Crippen molar-refractivity contribution in [3.63, 3.8) is 0 Å². The summed E-state index contributed by atoms with van der Waals surface area (Å²) in [5.74, 6) is -1.07. The molecule has 0 radical (unpaired) electrons. The average Bonchev–Trinajstić information content (AvgIpc) is 3.19. The number of amides is 1. The van der Waals surface area contributed by atoms with E-state index in [0.29, 0.717) is 22.3 Å². The number of carbonyl (C=O) groups excluding carboxylic acids is 1. The number of nitrogens with zero attached hydrogens (tertiary/aromatic N) is 4. The van der Waals surface area contributed by atoms with Gasteiger partial charge in [0.15, 0.2) is 0 Å². The number of aromatic nitrogens is 3. The summed E-state index contributed by atoms with van der Waals surface area (Å²) in [5.41, 5.74) is 6.55. The molecule has 0 unspecified atom stereocenters. The Balaban J connectivity index is 1.77. The topological polar surface area (TPSA) is 97.3 Å². The fourth-order valence-electron chi connectivity index (χ4n) is 3.76. The lowest BCUT2D eigenvalue weighted by Crippen LogP contribution is -2.32. The highest BCUT2D eigenvalue weighted by Crippen LogP contribution is 2.40. The molecule has 0 bridgehead atoms. The third-order valence-electron chi connectivity index (χ3n) is 5.37. The number of fused-ring (bicyclic) bond motifs is 1. The molecule has 0 aliphatic heterocycles. The lowest BCUT2D eigenvalue weighted by molar-refractivity contribution is -0.138. The molecule has 2 aromatic carbocycles. The largest absolute Gasteiger partial charge is 0.507 e. The zero-order chi connectivity index (χ0) is 24.5. The van der Waals surface area contributed by atoms with E-state index >= 15 is 0 Å². The number of benzene rings is 2. The molecule has 0 fully saturated rings. The summed E-state index contributed by atoms with van der Waals surface area (Å²) in [5, 5.41) is 10.1. The molecule has 4 aromatic rings. The summed E-state index contributed by atoms with van der Waals surface area (Å²) in [7, 11) is 0. The van der Waals surface area contributed by atoms with E-state index in [4.69, 9.17) is 5.73 Å². The first-order chi connectivity index (χ1) is 16.2. The lowest BCUT2D eigenvalue weighted by Gasteiger charge is -2.21. The van der Waals surface area contributed by atoms with Gasteiger partial charge in [0.05, 0.1) is 10.9 Å². The Kier molecular flexibility index (Phi) is 5.97. The number of alkyl halides is 3. The third-order valence-corrected chi connectivity index (χ3v) is 5.37. The van der Waals surface area contributed by atoms with Gasteiger partial charge in [0, 0.05) is 30.5 Å². The van der Waals surface area contributed by atoms with E-state index in [2.05, 4.69) is 16.5 Å². The smallest absolute Gasteiger partial charge is 0.419 e. The highest BCUT2D eigenvalue weighted by atomic mass is 19.4. The molecule has 2 heterocycles. The van der Waals surface area contributed by atoms with E-state index in [9.17, 15) is 23.1 Å². The van der Waals surface area contributed by atoms with Crippen molar-refractivity contribution >= 4 is 28.4 Å². The van der Waals surface area contributed by atoms with Crippen LogP contribution < -0.4 is 10.6 Å². The Morgan fingerprint density at radius 1 is 1.18 bits per heavy atom. The molecule has 4 rings (SSSR count). The van der Waals surface area contributed by atoms with Gasteiger partial charge >= 0.3 is 6.18 Å². The lowest BCUT2D eigenvalue weighted by atomic mass is 10.0.